The van der Waals surface area contributed by atoms with Gasteiger partial charge in [-0.2, -0.15) is 0 Å². The molecular formula is C13H14F2N4. The molecule has 1 aromatic carbocycles. The van der Waals surface area contributed by atoms with Crippen LogP contribution in [-0.4, -0.2) is 17.0 Å². The normalized spacial score (nSPS) is 10.4. The molecule has 0 saturated carbocycles. The van der Waals surface area contributed by atoms with Crippen molar-refractivity contribution in [2.75, 3.05) is 17.7 Å². The van der Waals surface area contributed by atoms with Crippen molar-refractivity contribution in [3.8, 4) is 0 Å². The van der Waals surface area contributed by atoms with E-state index in [1.807, 2.05) is 0 Å². The van der Waals surface area contributed by atoms with Crippen molar-refractivity contribution in [2.24, 2.45) is 0 Å². The second kappa shape index (κ2) is 5.17. The van der Waals surface area contributed by atoms with Crippen molar-refractivity contribution >= 4 is 17.3 Å². The van der Waals surface area contributed by atoms with Gasteiger partial charge in [-0.1, -0.05) is 0 Å². The third-order valence-corrected chi connectivity index (χ3v) is 2.68. The molecule has 0 amide bonds. The van der Waals surface area contributed by atoms with Gasteiger partial charge in [-0.15, -0.1) is 0 Å². The molecule has 2 rings (SSSR count). The summed E-state index contributed by atoms with van der Waals surface area (Å²) >= 11 is 0. The SMILES string of the molecule is CNc1nc(C)nc(Nc2cc(F)ccc2F)c1C. The Hall–Kier alpha value is -2.24. The van der Waals surface area contributed by atoms with E-state index in [1.54, 1.807) is 20.9 Å². The molecule has 100 valence electrons. The van der Waals surface area contributed by atoms with Gasteiger partial charge >= 0.3 is 0 Å². The van der Waals surface area contributed by atoms with Gasteiger partial charge in [0.25, 0.3) is 0 Å². The molecule has 0 saturated heterocycles. The first-order valence-corrected chi connectivity index (χ1v) is 5.76. The Balaban J connectivity index is 2.43. The van der Waals surface area contributed by atoms with Crippen LogP contribution in [0, 0.1) is 25.5 Å². The predicted octanol–water partition coefficient (Wildman–Crippen LogP) is 3.16. The number of aryl methyl sites for hydroxylation is 1. The highest BCUT2D eigenvalue weighted by atomic mass is 19.1. The van der Waals surface area contributed by atoms with Crippen molar-refractivity contribution in [2.45, 2.75) is 13.8 Å². The van der Waals surface area contributed by atoms with E-state index in [2.05, 4.69) is 20.6 Å². The van der Waals surface area contributed by atoms with Crippen LogP contribution in [0.1, 0.15) is 11.4 Å². The maximum Gasteiger partial charge on any atom is 0.146 e. The molecule has 4 nitrogen and oxygen atoms in total. The lowest BCUT2D eigenvalue weighted by Crippen LogP contribution is -2.06. The van der Waals surface area contributed by atoms with E-state index in [0.29, 0.717) is 17.5 Å². The zero-order chi connectivity index (χ0) is 14.0. The van der Waals surface area contributed by atoms with E-state index in [1.165, 1.54) is 0 Å². The molecule has 0 fully saturated rings. The molecule has 1 heterocycles. The van der Waals surface area contributed by atoms with Crippen LogP contribution in [0.3, 0.4) is 0 Å². The first-order chi connectivity index (χ1) is 9.01. The number of hydrogen-bond acceptors (Lipinski definition) is 4. The summed E-state index contributed by atoms with van der Waals surface area (Å²) in [5.41, 5.74) is 0.778. The molecule has 19 heavy (non-hydrogen) atoms. The molecule has 0 unspecified atom stereocenters. The molecule has 0 aliphatic carbocycles. The summed E-state index contributed by atoms with van der Waals surface area (Å²) in [6.07, 6.45) is 0. The van der Waals surface area contributed by atoms with Crippen molar-refractivity contribution < 1.29 is 8.78 Å². The Morgan fingerprint density at radius 3 is 2.42 bits per heavy atom. The van der Waals surface area contributed by atoms with E-state index < -0.39 is 11.6 Å². The minimum atomic E-state index is -0.539. The molecule has 0 radical (unpaired) electrons. The summed E-state index contributed by atoms with van der Waals surface area (Å²) in [6, 6.07) is 3.23. The number of benzene rings is 1. The highest BCUT2D eigenvalue weighted by Gasteiger charge is 2.11. The Morgan fingerprint density at radius 1 is 1.05 bits per heavy atom. The van der Waals surface area contributed by atoms with Crippen LogP contribution in [0.15, 0.2) is 18.2 Å². The van der Waals surface area contributed by atoms with Crippen LogP contribution < -0.4 is 10.6 Å². The minimum absolute atomic E-state index is 0.0447. The number of anilines is 3. The van der Waals surface area contributed by atoms with E-state index >= 15 is 0 Å². The van der Waals surface area contributed by atoms with Crippen LogP contribution in [0.2, 0.25) is 0 Å². The highest BCUT2D eigenvalue weighted by Crippen LogP contribution is 2.25. The van der Waals surface area contributed by atoms with Crippen LogP contribution in [0.4, 0.5) is 26.1 Å². The van der Waals surface area contributed by atoms with Gasteiger partial charge in [0.2, 0.25) is 0 Å². The van der Waals surface area contributed by atoms with Gasteiger partial charge in [0.15, 0.2) is 0 Å². The molecule has 0 aliphatic rings. The fourth-order valence-electron chi connectivity index (χ4n) is 1.71. The zero-order valence-electron chi connectivity index (χ0n) is 10.9. The fraction of sp³-hybridized carbons (Fsp3) is 0.231. The molecule has 2 aromatic rings. The number of rotatable bonds is 3. The Morgan fingerprint density at radius 2 is 1.74 bits per heavy atom. The molecule has 0 spiro atoms. The van der Waals surface area contributed by atoms with Gasteiger partial charge in [-0.25, -0.2) is 18.7 Å². The number of halogens is 2. The summed E-state index contributed by atoms with van der Waals surface area (Å²) in [4.78, 5) is 8.40. The van der Waals surface area contributed by atoms with Gasteiger partial charge in [0, 0.05) is 18.7 Å². The molecule has 0 aliphatic heterocycles. The van der Waals surface area contributed by atoms with Gasteiger partial charge in [-0.3, -0.25) is 0 Å². The third-order valence-electron chi connectivity index (χ3n) is 2.68. The summed E-state index contributed by atoms with van der Waals surface area (Å²) in [7, 11) is 1.74. The van der Waals surface area contributed by atoms with Gasteiger partial charge in [0.1, 0.15) is 29.1 Å². The average molecular weight is 264 g/mol. The summed E-state index contributed by atoms with van der Waals surface area (Å²) in [5.74, 6) is 0.576. The average Bonchev–Trinajstić information content (AvgIpc) is 2.37. The lowest BCUT2D eigenvalue weighted by Gasteiger charge is -2.13. The fourth-order valence-corrected chi connectivity index (χ4v) is 1.71. The monoisotopic (exact) mass is 264 g/mol. The Labute approximate surface area is 109 Å². The van der Waals surface area contributed by atoms with Crippen molar-refractivity contribution in [1.29, 1.82) is 0 Å². The number of nitrogens with one attached hydrogen (secondary N) is 2. The van der Waals surface area contributed by atoms with E-state index in [4.69, 9.17) is 0 Å². The third kappa shape index (κ3) is 2.78. The minimum Gasteiger partial charge on any atom is -0.373 e. The molecule has 1 aromatic heterocycles. The van der Waals surface area contributed by atoms with Crippen molar-refractivity contribution in [3.63, 3.8) is 0 Å². The van der Waals surface area contributed by atoms with Gasteiger partial charge in [-0.05, 0) is 26.0 Å². The molecular weight excluding hydrogens is 250 g/mol. The smallest absolute Gasteiger partial charge is 0.146 e. The van der Waals surface area contributed by atoms with Gasteiger partial charge in [0.05, 0.1) is 5.69 Å². The van der Waals surface area contributed by atoms with Crippen LogP contribution in [-0.2, 0) is 0 Å². The second-order valence-corrected chi connectivity index (χ2v) is 4.09. The van der Waals surface area contributed by atoms with Gasteiger partial charge < -0.3 is 10.6 Å². The largest absolute Gasteiger partial charge is 0.373 e. The summed E-state index contributed by atoms with van der Waals surface area (Å²) < 4.78 is 26.7. The quantitative estimate of drug-likeness (QED) is 0.894. The number of aromatic nitrogens is 2. The molecule has 0 bridgehead atoms. The van der Waals surface area contributed by atoms with Crippen LogP contribution in [0.25, 0.3) is 0 Å². The first kappa shape index (κ1) is 13.2. The molecule has 0 atom stereocenters. The van der Waals surface area contributed by atoms with Crippen LogP contribution >= 0.6 is 0 Å². The highest BCUT2D eigenvalue weighted by molar-refractivity contribution is 5.65. The first-order valence-electron chi connectivity index (χ1n) is 5.76. The summed E-state index contributed by atoms with van der Waals surface area (Å²) in [5, 5.41) is 5.72. The zero-order valence-corrected chi connectivity index (χ0v) is 10.9. The molecule has 2 N–H and O–H groups in total. The number of nitrogens with zero attached hydrogens (tertiary/aromatic N) is 2. The lowest BCUT2D eigenvalue weighted by molar-refractivity contribution is 0.603. The Kier molecular flexibility index (Phi) is 3.59. The Bertz CT molecular complexity index is 614. The number of hydrogen-bond donors (Lipinski definition) is 2. The standard InChI is InChI=1S/C13H14F2N4/c1-7-12(16-3)17-8(2)18-13(7)19-11-6-9(14)4-5-10(11)15/h4-6H,1-3H3,(H2,16,17,18,19). The maximum absolute atomic E-state index is 13.6. The topological polar surface area (TPSA) is 49.8 Å². The molecule has 6 heteroatoms. The van der Waals surface area contributed by atoms with E-state index in [-0.39, 0.29) is 5.69 Å². The van der Waals surface area contributed by atoms with E-state index in [0.717, 1.165) is 23.8 Å². The summed E-state index contributed by atoms with van der Waals surface area (Å²) in [6.45, 7) is 3.53. The maximum atomic E-state index is 13.6. The lowest BCUT2D eigenvalue weighted by atomic mass is 10.2. The van der Waals surface area contributed by atoms with Crippen molar-refractivity contribution in [1.82, 2.24) is 9.97 Å². The van der Waals surface area contributed by atoms with Crippen molar-refractivity contribution in [3.05, 3.63) is 41.2 Å². The second-order valence-electron chi connectivity index (χ2n) is 4.09. The predicted molar refractivity (Wildman–Crippen MR) is 70.7 cm³/mol. The van der Waals surface area contributed by atoms with Crippen LogP contribution in [0.5, 0.6) is 0 Å². The van der Waals surface area contributed by atoms with E-state index in [9.17, 15) is 8.78 Å².